The molecule has 0 amide bonds. The molecule has 0 aliphatic rings. The van der Waals surface area contributed by atoms with Gasteiger partial charge in [-0.2, -0.15) is 4.98 Å². The van der Waals surface area contributed by atoms with Crippen molar-refractivity contribution >= 4 is 17.0 Å². The van der Waals surface area contributed by atoms with Crippen LogP contribution in [-0.4, -0.2) is 14.5 Å². The Bertz CT molecular complexity index is 1130. The van der Waals surface area contributed by atoms with Crippen molar-refractivity contribution < 1.29 is 4.74 Å². The fraction of sp³-hybridized carbons (Fsp3) is 0.0952. The summed E-state index contributed by atoms with van der Waals surface area (Å²) in [5.74, 6) is 1.32. The Balaban J connectivity index is 1.63. The summed E-state index contributed by atoms with van der Waals surface area (Å²) < 4.78 is 7.20. The van der Waals surface area contributed by atoms with Gasteiger partial charge in [-0.15, -0.1) is 0 Å². The maximum atomic E-state index is 12.6. The quantitative estimate of drug-likeness (QED) is 0.589. The highest BCUT2D eigenvalue weighted by molar-refractivity contribution is 5.76. The molecule has 0 spiro atoms. The van der Waals surface area contributed by atoms with E-state index in [0.717, 1.165) is 10.9 Å². The predicted molar refractivity (Wildman–Crippen MR) is 105 cm³/mol. The molecule has 0 fully saturated rings. The molecule has 0 atom stereocenters. The summed E-state index contributed by atoms with van der Waals surface area (Å²) in [5, 5.41) is 3.92. The van der Waals surface area contributed by atoms with Gasteiger partial charge in [0.2, 0.25) is 5.95 Å². The van der Waals surface area contributed by atoms with Crippen LogP contribution in [0.2, 0.25) is 0 Å². The first-order chi connectivity index (χ1) is 13.2. The van der Waals surface area contributed by atoms with E-state index in [1.165, 1.54) is 4.57 Å². The number of rotatable bonds is 5. The van der Waals surface area contributed by atoms with Crippen molar-refractivity contribution in [3.8, 4) is 11.5 Å². The number of hydrogen-bond donors (Lipinski definition) is 1. The Kier molecular flexibility index (Phi) is 4.53. The van der Waals surface area contributed by atoms with Crippen LogP contribution in [0.1, 0.15) is 5.56 Å². The van der Waals surface area contributed by atoms with Gasteiger partial charge >= 0.3 is 0 Å². The number of benzene rings is 2. The fourth-order valence-corrected chi connectivity index (χ4v) is 2.77. The SMILES string of the molecule is Cn1c(=O)c(Oc2ccccc2)cc2cnc(NCc3ccccc3)nc21. The van der Waals surface area contributed by atoms with Crippen LogP contribution in [0.4, 0.5) is 5.95 Å². The summed E-state index contributed by atoms with van der Waals surface area (Å²) in [7, 11) is 1.68. The lowest BCUT2D eigenvalue weighted by Gasteiger charge is -2.11. The summed E-state index contributed by atoms with van der Waals surface area (Å²) in [5.41, 5.74) is 1.42. The third-order valence-electron chi connectivity index (χ3n) is 4.18. The smallest absolute Gasteiger partial charge is 0.294 e. The van der Waals surface area contributed by atoms with Crippen LogP contribution in [-0.2, 0) is 13.6 Å². The first kappa shape index (κ1) is 16.8. The van der Waals surface area contributed by atoms with Crippen LogP contribution in [0.5, 0.6) is 11.5 Å². The molecule has 6 heteroatoms. The molecular formula is C21H18N4O2. The third kappa shape index (κ3) is 3.64. The standard InChI is InChI=1S/C21H18N4O2/c1-25-19-16(12-18(20(25)26)27-17-10-6-3-7-11-17)14-23-21(24-19)22-13-15-8-4-2-5-9-15/h2-12,14H,13H2,1H3,(H,22,23,24). The van der Waals surface area contributed by atoms with Crippen LogP contribution in [0.3, 0.4) is 0 Å². The van der Waals surface area contributed by atoms with Crippen molar-refractivity contribution in [1.82, 2.24) is 14.5 Å². The summed E-state index contributed by atoms with van der Waals surface area (Å²) in [6.07, 6.45) is 1.69. The minimum atomic E-state index is -0.251. The monoisotopic (exact) mass is 358 g/mol. The Morgan fingerprint density at radius 3 is 2.48 bits per heavy atom. The fourth-order valence-electron chi connectivity index (χ4n) is 2.77. The highest BCUT2D eigenvalue weighted by Crippen LogP contribution is 2.21. The molecular weight excluding hydrogens is 340 g/mol. The lowest BCUT2D eigenvalue weighted by molar-refractivity contribution is 0.471. The van der Waals surface area contributed by atoms with Gasteiger partial charge in [0.15, 0.2) is 5.75 Å². The second-order valence-corrected chi connectivity index (χ2v) is 6.10. The van der Waals surface area contributed by atoms with E-state index >= 15 is 0 Å². The number of aryl methyl sites for hydroxylation is 1. The van der Waals surface area contributed by atoms with E-state index in [-0.39, 0.29) is 11.3 Å². The number of para-hydroxylation sites is 1. The van der Waals surface area contributed by atoms with E-state index in [1.807, 2.05) is 48.5 Å². The normalized spacial score (nSPS) is 10.7. The van der Waals surface area contributed by atoms with Gasteiger partial charge in [-0.3, -0.25) is 9.36 Å². The predicted octanol–water partition coefficient (Wildman–Crippen LogP) is 3.73. The minimum absolute atomic E-state index is 0.241. The molecule has 4 aromatic rings. The second kappa shape index (κ2) is 7.29. The molecule has 2 aromatic carbocycles. The molecule has 0 saturated carbocycles. The molecule has 2 aromatic heterocycles. The lowest BCUT2D eigenvalue weighted by atomic mass is 10.2. The highest BCUT2D eigenvalue weighted by atomic mass is 16.5. The number of fused-ring (bicyclic) bond motifs is 1. The molecule has 2 heterocycles. The van der Waals surface area contributed by atoms with E-state index in [4.69, 9.17) is 4.74 Å². The van der Waals surface area contributed by atoms with Gasteiger partial charge in [0, 0.05) is 25.2 Å². The molecule has 1 N–H and O–H groups in total. The molecule has 0 saturated heterocycles. The minimum Gasteiger partial charge on any atom is -0.452 e. The van der Waals surface area contributed by atoms with Gasteiger partial charge in [0.1, 0.15) is 11.4 Å². The number of ether oxygens (including phenoxy) is 1. The average molecular weight is 358 g/mol. The van der Waals surface area contributed by atoms with Gasteiger partial charge in [-0.1, -0.05) is 48.5 Å². The van der Waals surface area contributed by atoms with E-state index in [0.29, 0.717) is 23.9 Å². The van der Waals surface area contributed by atoms with Crippen molar-refractivity contribution in [3.63, 3.8) is 0 Å². The Morgan fingerprint density at radius 1 is 1.04 bits per heavy atom. The summed E-state index contributed by atoms with van der Waals surface area (Å²) in [6.45, 7) is 0.607. The van der Waals surface area contributed by atoms with Gasteiger partial charge in [-0.05, 0) is 23.8 Å². The van der Waals surface area contributed by atoms with Crippen LogP contribution in [0.25, 0.3) is 11.0 Å². The van der Waals surface area contributed by atoms with Gasteiger partial charge < -0.3 is 10.1 Å². The average Bonchev–Trinajstić information content (AvgIpc) is 2.72. The van der Waals surface area contributed by atoms with Gasteiger partial charge in [0.05, 0.1) is 0 Å². The van der Waals surface area contributed by atoms with E-state index in [9.17, 15) is 4.79 Å². The van der Waals surface area contributed by atoms with Crippen LogP contribution < -0.4 is 15.6 Å². The van der Waals surface area contributed by atoms with Crippen molar-refractivity contribution in [2.45, 2.75) is 6.54 Å². The molecule has 4 rings (SSSR count). The second-order valence-electron chi connectivity index (χ2n) is 6.10. The van der Waals surface area contributed by atoms with Crippen LogP contribution in [0.15, 0.2) is 77.7 Å². The lowest BCUT2D eigenvalue weighted by Crippen LogP contribution is -2.19. The largest absolute Gasteiger partial charge is 0.452 e. The number of pyridine rings is 1. The van der Waals surface area contributed by atoms with E-state index in [2.05, 4.69) is 15.3 Å². The molecule has 0 aliphatic carbocycles. The molecule has 0 bridgehead atoms. The van der Waals surface area contributed by atoms with Gasteiger partial charge in [0.25, 0.3) is 5.56 Å². The maximum Gasteiger partial charge on any atom is 0.294 e. The highest BCUT2D eigenvalue weighted by Gasteiger charge is 2.11. The van der Waals surface area contributed by atoms with Crippen LogP contribution >= 0.6 is 0 Å². The Hall–Kier alpha value is -3.67. The number of nitrogens with zero attached hydrogens (tertiary/aromatic N) is 3. The van der Waals surface area contributed by atoms with Crippen molar-refractivity contribution in [3.05, 3.63) is 88.8 Å². The zero-order chi connectivity index (χ0) is 18.6. The van der Waals surface area contributed by atoms with E-state index in [1.54, 1.807) is 31.4 Å². The first-order valence-electron chi connectivity index (χ1n) is 8.58. The van der Waals surface area contributed by atoms with Crippen molar-refractivity contribution in [2.24, 2.45) is 7.05 Å². The molecule has 0 unspecified atom stereocenters. The number of aromatic nitrogens is 3. The zero-order valence-electron chi connectivity index (χ0n) is 14.8. The Morgan fingerprint density at radius 2 is 1.74 bits per heavy atom. The van der Waals surface area contributed by atoms with Crippen molar-refractivity contribution in [2.75, 3.05) is 5.32 Å². The summed E-state index contributed by atoms with van der Waals surface area (Å²) >= 11 is 0. The molecule has 27 heavy (non-hydrogen) atoms. The third-order valence-corrected chi connectivity index (χ3v) is 4.18. The van der Waals surface area contributed by atoms with Crippen molar-refractivity contribution in [1.29, 1.82) is 0 Å². The summed E-state index contributed by atoms with van der Waals surface area (Å²) in [6, 6.07) is 20.9. The molecule has 6 nitrogen and oxygen atoms in total. The first-order valence-corrected chi connectivity index (χ1v) is 8.58. The maximum absolute atomic E-state index is 12.6. The molecule has 0 aliphatic heterocycles. The zero-order valence-corrected chi connectivity index (χ0v) is 14.8. The van der Waals surface area contributed by atoms with Crippen LogP contribution in [0, 0.1) is 0 Å². The van der Waals surface area contributed by atoms with E-state index < -0.39 is 0 Å². The molecule has 134 valence electrons. The molecule has 0 radical (unpaired) electrons. The number of anilines is 1. The van der Waals surface area contributed by atoms with Gasteiger partial charge in [-0.25, -0.2) is 4.98 Å². The summed E-state index contributed by atoms with van der Waals surface area (Å²) in [4.78, 5) is 21.5. The topological polar surface area (TPSA) is 69.0 Å². The number of hydrogen-bond acceptors (Lipinski definition) is 5. The number of nitrogens with one attached hydrogen (secondary N) is 1. The Labute approximate surface area is 156 Å².